The molecule has 0 amide bonds. The van der Waals surface area contributed by atoms with E-state index in [2.05, 4.69) is 65.0 Å². The van der Waals surface area contributed by atoms with Gasteiger partial charge in [-0.1, -0.05) is 57.5 Å². The summed E-state index contributed by atoms with van der Waals surface area (Å²) in [5, 5.41) is 0.926. The molecule has 0 bridgehead atoms. The van der Waals surface area contributed by atoms with Gasteiger partial charge >= 0.3 is 0 Å². The van der Waals surface area contributed by atoms with Crippen molar-refractivity contribution < 1.29 is 8.42 Å². The van der Waals surface area contributed by atoms with Gasteiger partial charge in [0.05, 0.1) is 23.6 Å². The van der Waals surface area contributed by atoms with E-state index < -0.39 is 9.84 Å². The van der Waals surface area contributed by atoms with Crippen LogP contribution in [0, 0.1) is 13.8 Å². The maximum atomic E-state index is 12.2. The second-order valence-electron chi connectivity index (χ2n) is 7.20. The molecule has 142 valence electrons. The van der Waals surface area contributed by atoms with Crippen molar-refractivity contribution in [1.29, 1.82) is 0 Å². The van der Waals surface area contributed by atoms with Crippen molar-refractivity contribution in [2.75, 3.05) is 16.4 Å². The molecule has 0 N–H and O–H groups in total. The number of rotatable bonds is 3. The first-order valence-electron chi connectivity index (χ1n) is 8.84. The van der Waals surface area contributed by atoms with E-state index in [1.807, 2.05) is 12.1 Å². The van der Waals surface area contributed by atoms with Crippen LogP contribution in [0.2, 0.25) is 0 Å². The van der Waals surface area contributed by atoms with Crippen LogP contribution in [0.1, 0.15) is 16.7 Å². The van der Waals surface area contributed by atoms with E-state index in [0.717, 1.165) is 26.6 Å². The van der Waals surface area contributed by atoms with Crippen LogP contribution in [0.15, 0.2) is 51.9 Å². The summed E-state index contributed by atoms with van der Waals surface area (Å²) in [4.78, 5) is 6.98. The number of aryl methyl sites for hydroxylation is 2. The Balaban J connectivity index is 1.64. The molecule has 7 heteroatoms. The van der Waals surface area contributed by atoms with Crippen LogP contribution in [0.4, 0.5) is 5.69 Å². The third-order valence-corrected chi connectivity index (χ3v) is 8.27. The fourth-order valence-electron chi connectivity index (χ4n) is 3.72. The van der Waals surface area contributed by atoms with E-state index in [4.69, 9.17) is 4.99 Å². The van der Waals surface area contributed by atoms with Gasteiger partial charge in [-0.15, -0.1) is 0 Å². The summed E-state index contributed by atoms with van der Waals surface area (Å²) in [5.41, 5.74) is 4.63. The standard InChI is InChI=1S/C20H21BrN2O2S2/c1-13-3-8-18(14(2)9-13)23-19-12-27(24,25)11-17(19)22-20(23)26-10-15-4-6-16(21)7-5-15/h3-9,17,19H,10-12H2,1-2H3/t17-,19+/m0/s1. The lowest BCUT2D eigenvalue weighted by atomic mass is 10.1. The highest BCUT2D eigenvalue weighted by atomic mass is 79.9. The van der Waals surface area contributed by atoms with Crippen molar-refractivity contribution in [2.45, 2.75) is 31.7 Å². The maximum Gasteiger partial charge on any atom is 0.164 e. The van der Waals surface area contributed by atoms with Crippen molar-refractivity contribution in [3.05, 3.63) is 63.6 Å². The summed E-state index contributed by atoms with van der Waals surface area (Å²) < 4.78 is 25.4. The highest BCUT2D eigenvalue weighted by Crippen LogP contribution is 2.37. The second-order valence-corrected chi connectivity index (χ2v) is 11.2. The molecule has 0 spiro atoms. The van der Waals surface area contributed by atoms with E-state index in [0.29, 0.717) is 0 Å². The summed E-state index contributed by atoms with van der Waals surface area (Å²) >= 11 is 5.15. The molecule has 1 fully saturated rings. The number of anilines is 1. The molecule has 2 aliphatic rings. The van der Waals surface area contributed by atoms with E-state index in [-0.39, 0.29) is 23.6 Å². The van der Waals surface area contributed by atoms with Gasteiger partial charge in [-0.25, -0.2) is 8.42 Å². The molecule has 4 nitrogen and oxygen atoms in total. The smallest absolute Gasteiger partial charge is 0.164 e. The molecular formula is C20H21BrN2O2S2. The lowest BCUT2D eigenvalue weighted by Gasteiger charge is -2.28. The Hall–Kier alpha value is -1.31. The summed E-state index contributed by atoms with van der Waals surface area (Å²) in [5.74, 6) is 1.14. The zero-order chi connectivity index (χ0) is 19.2. The summed E-state index contributed by atoms with van der Waals surface area (Å²) in [6, 6.07) is 14.3. The normalized spacial score (nSPS) is 23.4. The van der Waals surface area contributed by atoms with Gasteiger partial charge in [-0.2, -0.15) is 0 Å². The van der Waals surface area contributed by atoms with Gasteiger partial charge in [-0.3, -0.25) is 4.99 Å². The Kier molecular flexibility index (Phi) is 5.12. The topological polar surface area (TPSA) is 49.7 Å². The molecule has 2 aliphatic heterocycles. The highest BCUT2D eigenvalue weighted by Gasteiger charge is 2.47. The van der Waals surface area contributed by atoms with Gasteiger partial charge in [0.25, 0.3) is 0 Å². The molecule has 0 unspecified atom stereocenters. The molecular weight excluding hydrogens is 444 g/mol. The predicted molar refractivity (Wildman–Crippen MR) is 117 cm³/mol. The number of benzene rings is 2. The van der Waals surface area contributed by atoms with Gasteiger partial charge in [0.2, 0.25) is 0 Å². The molecule has 27 heavy (non-hydrogen) atoms. The first-order valence-corrected chi connectivity index (χ1v) is 12.4. The van der Waals surface area contributed by atoms with Crippen molar-refractivity contribution in [2.24, 2.45) is 4.99 Å². The number of halogens is 1. The zero-order valence-electron chi connectivity index (χ0n) is 15.2. The minimum absolute atomic E-state index is 0.0937. The summed E-state index contributed by atoms with van der Waals surface area (Å²) in [7, 11) is -3.03. The minimum atomic E-state index is -3.03. The van der Waals surface area contributed by atoms with Crippen LogP contribution in [-0.2, 0) is 15.6 Å². The quantitative estimate of drug-likeness (QED) is 0.677. The molecule has 2 aromatic rings. The number of fused-ring (bicyclic) bond motifs is 1. The first-order chi connectivity index (χ1) is 12.8. The number of thioether (sulfide) groups is 1. The number of aliphatic imine (C=N–C) groups is 1. The number of nitrogens with zero attached hydrogens (tertiary/aromatic N) is 2. The molecule has 2 heterocycles. The summed E-state index contributed by atoms with van der Waals surface area (Å²) in [6.07, 6.45) is 0. The number of sulfone groups is 1. The molecule has 0 aliphatic carbocycles. The van der Waals surface area contributed by atoms with E-state index in [1.54, 1.807) is 11.8 Å². The molecule has 2 atom stereocenters. The molecule has 0 radical (unpaired) electrons. The van der Waals surface area contributed by atoms with Gasteiger partial charge in [0, 0.05) is 15.9 Å². The van der Waals surface area contributed by atoms with Crippen molar-refractivity contribution in [3.8, 4) is 0 Å². The molecule has 0 aromatic heterocycles. The molecule has 1 saturated heterocycles. The SMILES string of the molecule is Cc1ccc(N2C(SCc3ccc(Br)cc3)=N[C@H]3CS(=O)(=O)C[C@H]32)c(C)c1. The molecule has 0 saturated carbocycles. The van der Waals surface area contributed by atoms with E-state index in [1.165, 1.54) is 11.1 Å². The monoisotopic (exact) mass is 464 g/mol. The first kappa shape index (κ1) is 19.0. The molecule has 2 aromatic carbocycles. The van der Waals surface area contributed by atoms with Crippen LogP contribution < -0.4 is 4.90 Å². The van der Waals surface area contributed by atoms with Gasteiger partial charge in [-0.05, 0) is 43.2 Å². The van der Waals surface area contributed by atoms with Crippen LogP contribution in [0.25, 0.3) is 0 Å². The van der Waals surface area contributed by atoms with Gasteiger partial charge < -0.3 is 4.90 Å². The lowest BCUT2D eigenvalue weighted by Crippen LogP contribution is -2.39. The van der Waals surface area contributed by atoms with Crippen molar-refractivity contribution in [3.63, 3.8) is 0 Å². The minimum Gasteiger partial charge on any atom is -0.315 e. The fraction of sp³-hybridized carbons (Fsp3) is 0.350. The number of hydrogen-bond donors (Lipinski definition) is 0. The van der Waals surface area contributed by atoms with Crippen molar-refractivity contribution >= 4 is 48.4 Å². The predicted octanol–water partition coefficient (Wildman–Crippen LogP) is 4.34. The fourth-order valence-corrected chi connectivity index (χ4v) is 6.90. The van der Waals surface area contributed by atoms with Crippen LogP contribution in [-0.4, -0.2) is 37.2 Å². The highest BCUT2D eigenvalue weighted by molar-refractivity contribution is 9.10. The second kappa shape index (κ2) is 7.26. The lowest BCUT2D eigenvalue weighted by molar-refractivity contribution is 0.601. The van der Waals surface area contributed by atoms with Crippen LogP contribution in [0.3, 0.4) is 0 Å². The average molecular weight is 465 g/mol. The average Bonchev–Trinajstić information content (AvgIpc) is 3.06. The Morgan fingerprint density at radius 3 is 2.59 bits per heavy atom. The Labute approximate surface area is 173 Å². The van der Waals surface area contributed by atoms with Crippen LogP contribution >= 0.6 is 27.7 Å². The Morgan fingerprint density at radius 2 is 1.89 bits per heavy atom. The van der Waals surface area contributed by atoms with Gasteiger partial charge in [0.15, 0.2) is 15.0 Å². The van der Waals surface area contributed by atoms with Crippen molar-refractivity contribution in [1.82, 2.24) is 0 Å². The largest absolute Gasteiger partial charge is 0.315 e. The zero-order valence-corrected chi connectivity index (χ0v) is 18.4. The third-order valence-electron chi connectivity index (χ3n) is 5.00. The van der Waals surface area contributed by atoms with E-state index >= 15 is 0 Å². The number of amidine groups is 1. The maximum absolute atomic E-state index is 12.2. The third kappa shape index (κ3) is 3.96. The summed E-state index contributed by atoms with van der Waals surface area (Å²) in [6.45, 7) is 4.15. The van der Waals surface area contributed by atoms with Gasteiger partial charge in [0.1, 0.15) is 0 Å². The number of hydrogen-bond acceptors (Lipinski definition) is 5. The van der Waals surface area contributed by atoms with E-state index in [9.17, 15) is 8.42 Å². The Bertz CT molecular complexity index is 1000. The Morgan fingerprint density at radius 1 is 1.15 bits per heavy atom. The molecule has 4 rings (SSSR count). The van der Waals surface area contributed by atoms with Crippen LogP contribution in [0.5, 0.6) is 0 Å².